The number of rotatable bonds is 13. The Morgan fingerprint density at radius 1 is 0.946 bits per heavy atom. The van der Waals surface area contributed by atoms with E-state index in [0.717, 1.165) is 23.3 Å². The predicted molar refractivity (Wildman–Crippen MR) is 155 cm³/mol. The first kappa shape index (κ1) is 29.1. The molecule has 0 aromatic heterocycles. The smallest absolute Gasteiger partial charge is 0.243 e. The monoisotopic (exact) mass is 556 g/mol. The quantitative estimate of drug-likeness (QED) is 0.177. The molecule has 0 aliphatic rings. The van der Waals surface area contributed by atoms with Crippen molar-refractivity contribution in [1.29, 1.82) is 0 Å². The van der Waals surface area contributed by atoms with Crippen molar-refractivity contribution in [2.45, 2.75) is 57.0 Å². The van der Waals surface area contributed by atoms with Gasteiger partial charge in [-0.05, 0) is 43.2 Å². The zero-order valence-corrected chi connectivity index (χ0v) is 23.7. The van der Waals surface area contributed by atoms with Gasteiger partial charge in [0.1, 0.15) is 6.04 Å². The van der Waals surface area contributed by atoms with Gasteiger partial charge in [-0.15, -0.1) is 11.8 Å². The van der Waals surface area contributed by atoms with Gasteiger partial charge in [-0.25, -0.2) is 0 Å². The molecule has 3 rings (SSSR count). The lowest BCUT2D eigenvalue weighted by Gasteiger charge is -2.32. The van der Waals surface area contributed by atoms with Gasteiger partial charge in [-0.1, -0.05) is 90.6 Å². The summed E-state index contributed by atoms with van der Waals surface area (Å²) in [7, 11) is 0. The molecule has 0 unspecified atom stereocenters. The minimum absolute atomic E-state index is 0.109. The van der Waals surface area contributed by atoms with E-state index in [9.17, 15) is 9.59 Å². The van der Waals surface area contributed by atoms with Gasteiger partial charge in [0.05, 0.1) is 0 Å². The zero-order chi connectivity index (χ0) is 26.6. The van der Waals surface area contributed by atoms with Crippen LogP contribution in [0.5, 0.6) is 0 Å². The molecular formula is C30H34Cl2N2O2S. The van der Waals surface area contributed by atoms with Gasteiger partial charge in [0, 0.05) is 52.2 Å². The largest absolute Gasteiger partial charge is 0.354 e. The molecule has 0 fully saturated rings. The van der Waals surface area contributed by atoms with E-state index in [1.165, 1.54) is 5.56 Å². The van der Waals surface area contributed by atoms with Crippen LogP contribution in [0.3, 0.4) is 0 Å². The summed E-state index contributed by atoms with van der Waals surface area (Å²) in [4.78, 5) is 30.0. The van der Waals surface area contributed by atoms with Crippen LogP contribution in [-0.2, 0) is 22.6 Å². The molecule has 3 aromatic rings. The minimum Gasteiger partial charge on any atom is -0.354 e. The summed E-state index contributed by atoms with van der Waals surface area (Å²) in [5, 5.41) is 3.99. The van der Waals surface area contributed by atoms with Crippen molar-refractivity contribution in [3.8, 4) is 0 Å². The minimum atomic E-state index is -0.691. The number of hydrogen-bond acceptors (Lipinski definition) is 3. The van der Waals surface area contributed by atoms with Crippen LogP contribution in [0.25, 0.3) is 0 Å². The summed E-state index contributed by atoms with van der Waals surface area (Å²) in [6.45, 7) is 4.85. The molecule has 1 N–H and O–H groups in total. The molecule has 37 heavy (non-hydrogen) atoms. The molecule has 1 atom stereocenters. The van der Waals surface area contributed by atoms with Gasteiger partial charge >= 0.3 is 0 Å². The van der Waals surface area contributed by atoms with E-state index < -0.39 is 6.04 Å². The number of unbranched alkanes of at least 4 members (excludes halogenated alkanes) is 1. The number of aryl methyl sites for hydroxylation is 1. The van der Waals surface area contributed by atoms with Crippen molar-refractivity contribution < 1.29 is 9.59 Å². The molecular weight excluding hydrogens is 523 g/mol. The first-order valence-electron chi connectivity index (χ1n) is 12.6. The molecule has 0 saturated heterocycles. The molecule has 0 aliphatic carbocycles. The van der Waals surface area contributed by atoms with E-state index in [-0.39, 0.29) is 24.8 Å². The molecule has 2 amide bonds. The first-order chi connectivity index (χ1) is 17.9. The fourth-order valence-electron chi connectivity index (χ4n) is 3.95. The SMILES string of the molecule is CCCCNC(=O)[C@H](Cc1ccccc1)N(Cc1c(Cl)cccc1Cl)C(=O)CCSc1ccc(C)cc1. The maximum absolute atomic E-state index is 13.7. The number of amides is 2. The highest BCUT2D eigenvalue weighted by molar-refractivity contribution is 7.99. The topological polar surface area (TPSA) is 49.4 Å². The molecule has 0 aliphatic heterocycles. The zero-order valence-electron chi connectivity index (χ0n) is 21.4. The number of carbonyl (C=O) groups is 2. The van der Waals surface area contributed by atoms with Crippen LogP contribution in [0.4, 0.5) is 0 Å². The van der Waals surface area contributed by atoms with Crippen molar-refractivity contribution in [3.63, 3.8) is 0 Å². The third-order valence-electron chi connectivity index (χ3n) is 6.10. The number of benzene rings is 3. The van der Waals surface area contributed by atoms with E-state index in [1.54, 1.807) is 34.9 Å². The van der Waals surface area contributed by atoms with Crippen molar-refractivity contribution in [2.75, 3.05) is 12.3 Å². The maximum atomic E-state index is 13.7. The second-order valence-electron chi connectivity index (χ2n) is 8.98. The summed E-state index contributed by atoms with van der Waals surface area (Å²) in [5.74, 6) is 0.326. The van der Waals surface area contributed by atoms with Crippen LogP contribution in [0, 0.1) is 6.92 Å². The van der Waals surface area contributed by atoms with E-state index in [2.05, 4.69) is 36.5 Å². The summed E-state index contributed by atoms with van der Waals surface area (Å²) in [6.07, 6.45) is 2.53. The average molecular weight is 558 g/mol. The van der Waals surface area contributed by atoms with Crippen LogP contribution in [-0.4, -0.2) is 35.1 Å². The molecule has 0 radical (unpaired) electrons. The second-order valence-corrected chi connectivity index (χ2v) is 11.0. The molecule has 0 bridgehead atoms. The second kappa shape index (κ2) is 15.1. The molecule has 7 heteroatoms. The highest BCUT2D eigenvalue weighted by Gasteiger charge is 2.31. The van der Waals surface area contributed by atoms with Crippen LogP contribution in [0.1, 0.15) is 42.9 Å². The Labute approximate surface area is 234 Å². The third-order valence-corrected chi connectivity index (χ3v) is 7.82. The van der Waals surface area contributed by atoms with Crippen LogP contribution >= 0.6 is 35.0 Å². The molecule has 196 valence electrons. The van der Waals surface area contributed by atoms with E-state index in [0.29, 0.717) is 34.3 Å². The van der Waals surface area contributed by atoms with Gasteiger partial charge < -0.3 is 10.2 Å². The highest BCUT2D eigenvalue weighted by Crippen LogP contribution is 2.28. The van der Waals surface area contributed by atoms with E-state index in [1.807, 2.05) is 37.3 Å². The van der Waals surface area contributed by atoms with Crippen molar-refractivity contribution in [1.82, 2.24) is 10.2 Å². The summed E-state index contributed by atoms with van der Waals surface area (Å²) < 4.78 is 0. The summed E-state index contributed by atoms with van der Waals surface area (Å²) in [6, 6.07) is 22.6. The van der Waals surface area contributed by atoms with Crippen molar-refractivity contribution in [2.24, 2.45) is 0 Å². The number of thioether (sulfide) groups is 1. The average Bonchev–Trinajstić information content (AvgIpc) is 2.89. The van der Waals surface area contributed by atoms with Gasteiger partial charge in [-0.3, -0.25) is 9.59 Å². The fourth-order valence-corrected chi connectivity index (χ4v) is 5.31. The first-order valence-corrected chi connectivity index (χ1v) is 14.4. The van der Waals surface area contributed by atoms with Gasteiger partial charge in [0.25, 0.3) is 0 Å². The number of hydrogen-bond donors (Lipinski definition) is 1. The number of nitrogens with zero attached hydrogens (tertiary/aromatic N) is 1. The Morgan fingerprint density at radius 3 is 2.27 bits per heavy atom. The molecule has 0 saturated carbocycles. The fraction of sp³-hybridized carbons (Fsp3) is 0.333. The van der Waals surface area contributed by atoms with Crippen LogP contribution in [0.2, 0.25) is 10.0 Å². The standard InChI is InChI=1S/C30H34Cl2N2O2S/c1-3-4-18-33-30(36)28(20-23-9-6-5-7-10-23)34(21-25-26(31)11-8-12-27(25)32)29(35)17-19-37-24-15-13-22(2)14-16-24/h5-16,28H,3-4,17-21H2,1-2H3,(H,33,36)/t28-/m0/s1. The lowest BCUT2D eigenvalue weighted by Crippen LogP contribution is -2.50. The van der Waals surface area contributed by atoms with E-state index >= 15 is 0 Å². The van der Waals surface area contributed by atoms with Gasteiger partial charge in [-0.2, -0.15) is 0 Å². The van der Waals surface area contributed by atoms with Gasteiger partial charge in [0.2, 0.25) is 11.8 Å². The molecule has 3 aromatic carbocycles. The number of halogens is 2. The molecule has 0 spiro atoms. The lowest BCUT2D eigenvalue weighted by atomic mass is 10.0. The normalized spacial score (nSPS) is 11.7. The molecule has 4 nitrogen and oxygen atoms in total. The van der Waals surface area contributed by atoms with Crippen LogP contribution in [0.15, 0.2) is 77.7 Å². The highest BCUT2D eigenvalue weighted by atomic mass is 35.5. The summed E-state index contributed by atoms with van der Waals surface area (Å²) in [5.41, 5.74) is 2.82. The Kier molecular flexibility index (Phi) is 11.8. The molecule has 0 heterocycles. The Hall–Kier alpha value is -2.47. The predicted octanol–water partition coefficient (Wildman–Crippen LogP) is 7.34. The number of carbonyl (C=O) groups excluding carboxylic acids is 2. The lowest BCUT2D eigenvalue weighted by molar-refractivity contribution is -0.141. The van der Waals surface area contributed by atoms with Crippen LogP contribution < -0.4 is 5.32 Å². The Balaban J connectivity index is 1.87. The number of nitrogens with one attached hydrogen (secondary N) is 1. The van der Waals surface area contributed by atoms with Crippen molar-refractivity contribution in [3.05, 3.63) is 99.5 Å². The Morgan fingerprint density at radius 2 is 1.62 bits per heavy atom. The maximum Gasteiger partial charge on any atom is 0.243 e. The summed E-state index contributed by atoms with van der Waals surface area (Å²) >= 11 is 14.6. The van der Waals surface area contributed by atoms with Gasteiger partial charge in [0.15, 0.2) is 0 Å². The van der Waals surface area contributed by atoms with E-state index in [4.69, 9.17) is 23.2 Å². The Bertz CT molecular complexity index is 1140. The third kappa shape index (κ3) is 9.10. The van der Waals surface area contributed by atoms with Crippen molar-refractivity contribution >= 4 is 46.8 Å².